The number of halogens is 1. The Labute approximate surface area is 131 Å². The van der Waals surface area contributed by atoms with Crippen LogP contribution in [0.1, 0.15) is 17.0 Å². The van der Waals surface area contributed by atoms with Crippen molar-refractivity contribution in [3.05, 3.63) is 74.9 Å². The highest BCUT2D eigenvalue weighted by Gasteiger charge is 2.23. The lowest BCUT2D eigenvalue weighted by Crippen LogP contribution is -2.13. The molecule has 0 aliphatic rings. The van der Waals surface area contributed by atoms with E-state index in [2.05, 4.69) is 4.98 Å². The van der Waals surface area contributed by atoms with Crippen molar-refractivity contribution < 1.29 is 4.92 Å². The van der Waals surface area contributed by atoms with Crippen LogP contribution in [0, 0.1) is 10.1 Å². The summed E-state index contributed by atoms with van der Waals surface area (Å²) in [7, 11) is 0. The van der Waals surface area contributed by atoms with Crippen molar-refractivity contribution in [1.29, 1.82) is 0 Å². The first kappa shape index (κ1) is 14.4. The molecular weight excluding hydrogens is 302 g/mol. The number of anilines is 1. The number of hydrogen-bond acceptors (Lipinski definition) is 3. The highest BCUT2D eigenvalue weighted by molar-refractivity contribution is 6.33. The Morgan fingerprint density at radius 2 is 2.05 bits per heavy atom. The van der Waals surface area contributed by atoms with E-state index in [-0.39, 0.29) is 17.4 Å². The van der Waals surface area contributed by atoms with Gasteiger partial charge in [0.25, 0.3) is 0 Å². The van der Waals surface area contributed by atoms with Crippen LogP contribution < -0.4 is 5.73 Å². The molecule has 1 unspecified atom stereocenters. The summed E-state index contributed by atoms with van der Waals surface area (Å²) in [5, 5.41) is 12.5. The van der Waals surface area contributed by atoms with Crippen LogP contribution in [-0.2, 0) is 0 Å². The minimum atomic E-state index is -0.385. The number of nitrogens with zero attached hydrogens (tertiary/aromatic N) is 1. The molecule has 0 saturated carbocycles. The van der Waals surface area contributed by atoms with Gasteiger partial charge in [0.05, 0.1) is 16.6 Å². The van der Waals surface area contributed by atoms with Gasteiger partial charge in [0.2, 0.25) is 6.54 Å². The first-order valence-corrected chi connectivity index (χ1v) is 7.17. The molecule has 1 heterocycles. The van der Waals surface area contributed by atoms with Crippen LogP contribution in [0.3, 0.4) is 0 Å². The van der Waals surface area contributed by atoms with Gasteiger partial charge in [-0.1, -0.05) is 35.9 Å². The van der Waals surface area contributed by atoms with Gasteiger partial charge in [0, 0.05) is 22.0 Å². The summed E-state index contributed by atoms with van der Waals surface area (Å²) in [6.07, 6.45) is 1.82. The number of aromatic amines is 1. The minimum Gasteiger partial charge on any atom is -0.398 e. The summed E-state index contributed by atoms with van der Waals surface area (Å²) in [5.41, 5.74) is 8.80. The van der Waals surface area contributed by atoms with E-state index in [9.17, 15) is 10.1 Å². The molecule has 112 valence electrons. The van der Waals surface area contributed by atoms with Gasteiger partial charge in [-0.15, -0.1) is 0 Å². The van der Waals surface area contributed by atoms with E-state index >= 15 is 0 Å². The molecule has 6 heteroatoms. The summed E-state index contributed by atoms with van der Waals surface area (Å²) in [6, 6.07) is 12.9. The number of benzene rings is 2. The van der Waals surface area contributed by atoms with Gasteiger partial charge in [-0.25, -0.2) is 0 Å². The highest BCUT2D eigenvalue weighted by atomic mass is 35.5. The summed E-state index contributed by atoms with van der Waals surface area (Å²) < 4.78 is 0. The fourth-order valence-electron chi connectivity index (χ4n) is 2.67. The van der Waals surface area contributed by atoms with Crippen molar-refractivity contribution in [3.63, 3.8) is 0 Å². The lowest BCUT2D eigenvalue weighted by Gasteiger charge is -2.14. The summed E-state index contributed by atoms with van der Waals surface area (Å²) in [6.45, 7) is -0.206. The van der Waals surface area contributed by atoms with E-state index in [4.69, 9.17) is 17.3 Å². The lowest BCUT2D eigenvalue weighted by atomic mass is 9.91. The van der Waals surface area contributed by atoms with Gasteiger partial charge in [0.15, 0.2) is 0 Å². The first-order valence-electron chi connectivity index (χ1n) is 6.79. The third-order valence-electron chi connectivity index (χ3n) is 3.76. The molecular formula is C16H14ClN3O2. The number of fused-ring (bicyclic) bond motifs is 1. The summed E-state index contributed by atoms with van der Waals surface area (Å²) in [4.78, 5) is 14.0. The predicted molar refractivity (Wildman–Crippen MR) is 87.9 cm³/mol. The second kappa shape index (κ2) is 5.69. The van der Waals surface area contributed by atoms with Crippen LogP contribution in [0.15, 0.2) is 48.7 Å². The molecule has 5 nitrogen and oxygen atoms in total. The van der Waals surface area contributed by atoms with E-state index in [0.29, 0.717) is 10.7 Å². The van der Waals surface area contributed by atoms with Crippen LogP contribution in [0.25, 0.3) is 10.9 Å². The van der Waals surface area contributed by atoms with Crippen molar-refractivity contribution in [1.82, 2.24) is 4.98 Å². The Kier molecular flexibility index (Phi) is 3.73. The van der Waals surface area contributed by atoms with Crippen LogP contribution in [-0.4, -0.2) is 16.5 Å². The number of hydrogen-bond donors (Lipinski definition) is 2. The molecule has 1 atom stereocenters. The molecule has 2 aromatic carbocycles. The van der Waals surface area contributed by atoms with E-state index in [1.807, 2.05) is 30.5 Å². The smallest absolute Gasteiger partial charge is 0.214 e. The van der Waals surface area contributed by atoms with Crippen LogP contribution in [0.5, 0.6) is 0 Å². The van der Waals surface area contributed by atoms with E-state index in [1.165, 1.54) is 0 Å². The van der Waals surface area contributed by atoms with Crippen LogP contribution in [0.4, 0.5) is 5.69 Å². The maximum Gasteiger partial charge on any atom is 0.214 e. The molecule has 0 aliphatic heterocycles. The topological polar surface area (TPSA) is 84.9 Å². The Hall–Kier alpha value is -2.53. The van der Waals surface area contributed by atoms with Gasteiger partial charge in [-0.05, 0) is 29.3 Å². The predicted octanol–water partition coefficient (Wildman–Crippen LogP) is 3.81. The second-order valence-corrected chi connectivity index (χ2v) is 5.55. The SMILES string of the molecule is Nc1ccc(C(C[N+](=O)[O-])c2c[nH]c3ccccc23)cc1Cl. The average molecular weight is 316 g/mol. The summed E-state index contributed by atoms with van der Waals surface area (Å²) >= 11 is 6.07. The minimum absolute atomic E-state index is 0.206. The zero-order valence-corrected chi connectivity index (χ0v) is 12.4. The van der Waals surface area contributed by atoms with E-state index < -0.39 is 0 Å². The maximum atomic E-state index is 11.1. The number of aromatic nitrogens is 1. The quantitative estimate of drug-likeness (QED) is 0.436. The number of nitrogens with one attached hydrogen (secondary N) is 1. The second-order valence-electron chi connectivity index (χ2n) is 5.14. The number of nitrogens with two attached hydrogens (primary N) is 1. The van der Waals surface area contributed by atoms with Crippen LogP contribution in [0.2, 0.25) is 5.02 Å². The third kappa shape index (κ3) is 2.63. The van der Waals surface area contributed by atoms with Crippen molar-refractivity contribution in [3.8, 4) is 0 Å². The maximum absolute atomic E-state index is 11.1. The third-order valence-corrected chi connectivity index (χ3v) is 4.08. The molecule has 0 bridgehead atoms. The Morgan fingerprint density at radius 1 is 1.27 bits per heavy atom. The Bertz CT molecular complexity index is 844. The van der Waals surface area contributed by atoms with Crippen molar-refractivity contribution in [2.24, 2.45) is 0 Å². The Balaban J connectivity index is 2.13. The fourth-order valence-corrected chi connectivity index (χ4v) is 2.86. The molecule has 3 rings (SSSR count). The van der Waals surface area contributed by atoms with Crippen molar-refractivity contribution in [2.75, 3.05) is 12.3 Å². The molecule has 0 spiro atoms. The van der Waals surface area contributed by atoms with Gasteiger partial charge >= 0.3 is 0 Å². The number of rotatable bonds is 4. The summed E-state index contributed by atoms with van der Waals surface area (Å²) in [5.74, 6) is -0.385. The first-order chi connectivity index (χ1) is 10.6. The largest absolute Gasteiger partial charge is 0.398 e. The molecule has 0 fully saturated rings. The molecule has 0 radical (unpaired) electrons. The van der Waals surface area contributed by atoms with Crippen molar-refractivity contribution >= 4 is 28.2 Å². The van der Waals surface area contributed by atoms with Gasteiger partial charge < -0.3 is 10.7 Å². The van der Waals surface area contributed by atoms with Crippen molar-refractivity contribution in [2.45, 2.75) is 5.92 Å². The molecule has 0 amide bonds. The molecule has 22 heavy (non-hydrogen) atoms. The number of H-pyrrole nitrogens is 1. The van der Waals surface area contributed by atoms with Gasteiger partial charge in [0.1, 0.15) is 0 Å². The molecule has 1 aromatic heterocycles. The monoisotopic (exact) mass is 315 g/mol. The molecule has 3 aromatic rings. The zero-order valence-electron chi connectivity index (χ0n) is 11.6. The van der Waals surface area contributed by atoms with Crippen LogP contribution >= 0.6 is 11.6 Å². The normalized spacial score (nSPS) is 12.4. The number of nitrogen functional groups attached to an aromatic ring is 1. The average Bonchev–Trinajstić information content (AvgIpc) is 2.91. The fraction of sp³-hybridized carbons (Fsp3) is 0.125. The Morgan fingerprint density at radius 3 is 2.77 bits per heavy atom. The standard InChI is InChI=1S/C16H14ClN3O2/c17-14-7-10(5-6-15(14)18)13(9-20(21)22)12-8-19-16-4-2-1-3-11(12)16/h1-8,13,19H,9,18H2. The van der Waals surface area contributed by atoms with Gasteiger partial charge in [-0.2, -0.15) is 0 Å². The molecule has 3 N–H and O–H groups in total. The van der Waals surface area contributed by atoms with E-state index in [1.54, 1.807) is 18.2 Å². The zero-order chi connectivity index (χ0) is 15.7. The molecule has 0 aliphatic carbocycles. The van der Waals surface area contributed by atoms with Gasteiger partial charge in [-0.3, -0.25) is 10.1 Å². The molecule has 0 saturated heterocycles. The van der Waals surface area contributed by atoms with E-state index in [0.717, 1.165) is 22.0 Å². The number of nitro groups is 1. The number of para-hydroxylation sites is 1. The lowest BCUT2D eigenvalue weighted by molar-refractivity contribution is -0.481. The highest BCUT2D eigenvalue weighted by Crippen LogP contribution is 2.33.